The molecule has 0 atom stereocenters. The van der Waals surface area contributed by atoms with Gasteiger partial charge in [-0.1, -0.05) is 6.04 Å². The van der Waals surface area contributed by atoms with Gasteiger partial charge in [0.1, 0.15) is 5.91 Å². The van der Waals surface area contributed by atoms with Crippen LogP contribution in [0.2, 0.25) is 6.04 Å². The topological polar surface area (TPSA) is 21.7 Å². The summed E-state index contributed by atoms with van der Waals surface area (Å²) < 4.78 is 10.3. The SMILES string of the molecule is COC(OC)[SiH2]CCCN(C)C. The lowest BCUT2D eigenvalue weighted by atomic mass is 10.5. The number of rotatable bonds is 7. The molecule has 4 heteroatoms. The maximum Gasteiger partial charge on any atom is 0.134 e. The molecule has 0 saturated carbocycles. The van der Waals surface area contributed by atoms with Crippen molar-refractivity contribution < 1.29 is 9.47 Å². The minimum Gasteiger partial charge on any atom is -0.360 e. The van der Waals surface area contributed by atoms with Crippen LogP contribution >= 0.6 is 0 Å². The number of hydrogen-bond acceptors (Lipinski definition) is 3. The molecule has 12 heavy (non-hydrogen) atoms. The molecular formula is C8H21NO2Si. The Kier molecular flexibility index (Phi) is 7.79. The van der Waals surface area contributed by atoms with Gasteiger partial charge in [0.15, 0.2) is 0 Å². The van der Waals surface area contributed by atoms with Crippen LogP contribution in [0, 0.1) is 0 Å². The lowest BCUT2D eigenvalue weighted by molar-refractivity contribution is -0.0441. The number of ether oxygens (including phenoxy) is 2. The Hall–Kier alpha value is 0.0969. The van der Waals surface area contributed by atoms with Crippen LogP contribution in [0.3, 0.4) is 0 Å². The van der Waals surface area contributed by atoms with Crippen molar-refractivity contribution in [1.29, 1.82) is 0 Å². The van der Waals surface area contributed by atoms with E-state index in [9.17, 15) is 0 Å². The van der Waals surface area contributed by atoms with Gasteiger partial charge in [-0.25, -0.2) is 0 Å². The van der Waals surface area contributed by atoms with Gasteiger partial charge in [-0.05, 0) is 27.1 Å². The predicted molar refractivity (Wildman–Crippen MR) is 54.3 cm³/mol. The first kappa shape index (κ1) is 12.1. The average molecular weight is 191 g/mol. The summed E-state index contributed by atoms with van der Waals surface area (Å²) in [7, 11) is 7.45. The molecule has 3 nitrogen and oxygen atoms in total. The maximum absolute atomic E-state index is 5.13. The molecule has 0 amide bonds. The summed E-state index contributed by atoms with van der Waals surface area (Å²) in [6, 6.07) is 1.30. The highest BCUT2D eigenvalue weighted by atomic mass is 28.2. The minimum atomic E-state index is -0.189. The fraction of sp³-hybridized carbons (Fsp3) is 1.00. The second kappa shape index (κ2) is 7.73. The van der Waals surface area contributed by atoms with Gasteiger partial charge in [0.25, 0.3) is 0 Å². The van der Waals surface area contributed by atoms with Crippen LogP contribution in [-0.2, 0) is 9.47 Å². The van der Waals surface area contributed by atoms with Gasteiger partial charge in [0.05, 0.1) is 9.52 Å². The molecule has 0 N–H and O–H groups in total. The van der Waals surface area contributed by atoms with E-state index >= 15 is 0 Å². The van der Waals surface area contributed by atoms with Crippen molar-refractivity contribution in [3.05, 3.63) is 0 Å². The first-order chi connectivity index (χ1) is 5.70. The van der Waals surface area contributed by atoms with Gasteiger partial charge >= 0.3 is 0 Å². The molecule has 0 fully saturated rings. The van der Waals surface area contributed by atoms with Crippen molar-refractivity contribution in [3.63, 3.8) is 0 Å². The third-order valence-corrected chi connectivity index (χ3v) is 3.87. The van der Waals surface area contributed by atoms with E-state index in [0.717, 1.165) is 0 Å². The Morgan fingerprint density at radius 1 is 1.25 bits per heavy atom. The van der Waals surface area contributed by atoms with Crippen molar-refractivity contribution in [2.75, 3.05) is 34.9 Å². The van der Waals surface area contributed by atoms with Gasteiger partial charge in [0.2, 0.25) is 0 Å². The molecular weight excluding hydrogens is 170 g/mol. The number of methoxy groups -OCH3 is 2. The molecule has 0 radical (unpaired) electrons. The molecule has 0 spiro atoms. The van der Waals surface area contributed by atoms with Crippen LogP contribution < -0.4 is 0 Å². The van der Waals surface area contributed by atoms with Crippen molar-refractivity contribution in [3.8, 4) is 0 Å². The molecule has 0 heterocycles. The van der Waals surface area contributed by atoms with E-state index in [1.807, 2.05) is 0 Å². The maximum atomic E-state index is 5.13. The predicted octanol–water partition coefficient (Wildman–Crippen LogP) is 0.102. The smallest absolute Gasteiger partial charge is 0.134 e. The second-order valence-corrected chi connectivity index (χ2v) is 5.15. The van der Waals surface area contributed by atoms with Crippen molar-refractivity contribution >= 4 is 9.52 Å². The standard InChI is InChI=1S/C8H21NO2Si/c1-9(2)6-5-7-12-8(10-3)11-4/h8H,5-7,12H2,1-4H3. The summed E-state index contributed by atoms with van der Waals surface area (Å²) in [5.41, 5.74) is 0. The summed E-state index contributed by atoms with van der Waals surface area (Å²) in [5.74, 6) is 0.118. The lowest BCUT2D eigenvalue weighted by Gasteiger charge is -2.13. The van der Waals surface area contributed by atoms with E-state index in [0.29, 0.717) is 0 Å². The normalized spacial score (nSPS) is 12.5. The second-order valence-electron chi connectivity index (χ2n) is 3.20. The van der Waals surface area contributed by atoms with E-state index < -0.39 is 0 Å². The Morgan fingerprint density at radius 3 is 2.25 bits per heavy atom. The zero-order chi connectivity index (χ0) is 9.40. The van der Waals surface area contributed by atoms with Crippen molar-refractivity contribution in [1.82, 2.24) is 4.90 Å². The Labute approximate surface area is 77.9 Å². The quantitative estimate of drug-likeness (QED) is 0.324. The molecule has 0 unspecified atom stereocenters. The highest BCUT2D eigenvalue weighted by Gasteiger charge is 2.04. The summed E-state index contributed by atoms with van der Waals surface area (Å²) >= 11 is 0. The summed E-state index contributed by atoms with van der Waals surface area (Å²) in [6.07, 6.45) is 1.27. The first-order valence-electron chi connectivity index (χ1n) is 4.41. The third kappa shape index (κ3) is 6.79. The zero-order valence-corrected chi connectivity index (χ0v) is 10.1. The van der Waals surface area contributed by atoms with Gasteiger partial charge in [-0.2, -0.15) is 0 Å². The van der Waals surface area contributed by atoms with E-state index in [1.54, 1.807) is 14.2 Å². The van der Waals surface area contributed by atoms with Crippen LogP contribution in [-0.4, -0.2) is 55.2 Å². The first-order valence-corrected chi connectivity index (χ1v) is 6.22. The van der Waals surface area contributed by atoms with Crippen molar-refractivity contribution in [2.24, 2.45) is 0 Å². The highest BCUT2D eigenvalue weighted by molar-refractivity contribution is 6.36. The van der Waals surface area contributed by atoms with Crippen molar-refractivity contribution in [2.45, 2.75) is 18.4 Å². The fourth-order valence-corrected chi connectivity index (χ4v) is 2.39. The lowest BCUT2D eigenvalue weighted by Crippen LogP contribution is -2.22. The Bertz CT molecular complexity index is 97.1. The summed E-state index contributed by atoms with van der Waals surface area (Å²) in [5, 5.41) is 0. The van der Waals surface area contributed by atoms with E-state index in [-0.39, 0.29) is 15.4 Å². The average Bonchev–Trinajstić information content (AvgIpc) is 2.04. The molecule has 0 aromatic rings. The molecule has 0 aromatic heterocycles. The highest BCUT2D eigenvalue weighted by Crippen LogP contribution is 1.96. The van der Waals surface area contributed by atoms with Crippen LogP contribution in [0.1, 0.15) is 6.42 Å². The number of nitrogens with zero attached hydrogens (tertiary/aromatic N) is 1. The summed E-state index contributed by atoms with van der Waals surface area (Å²) in [6.45, 7) is 1.17. The largest absolute Gasteiger partial charge is 0.360 e. The van der Waals surface area contributed by atoms with Crippen LogP contribution in [0.25, 0.3) is 0 Å². The van der Waals surface area contributed by atoms with E-state index in [4.69, 9.17) is 9.47 Å². The molecule has 0 aliphatic heterocycles. The van der Waals surface area contributed by atoms with Crippen LogP contribution in [0.15, 0.2) is 0 Å². The molecule has 0 saturated heterocycles. The zero-order valence-electron chi connectivity index (χ0n) is 8.67. The van der Waals surface area contributed by atoms with Gasteiger partial charge in [-0.15, -0.1) is 0 Å². The minimum absolute atomic E-state index is 0.118. The fourth-order valence-electron chi connectivity index (χ4n) is 1.07. The molecule has 0 aliphatic carbocycles. The van der Waals surface area contributed by atoms with Crippen LogP contribution in [0.5, 0.6) is 0 Å². The molecule has 74 valence electrons. The Balaban J connectivity index is 3.17. The summed E-state index contributed by atoms with van der Waals surface area (Å²) in [4.78, 5) is 2.21. The number of hydrogen-bond donors (Lipinski definition) is 0. The monoisotopic (exact) mass is 191 g/mol. The molecule has 0 bridgehead atoms. The molecule has 0 aliphatic rings. The van der Waals surface area contributed by atoms with Crippen LogP contribution in [0.4, 0.5) is 0 Å². The van der Waals surface area contributed by atoms with E-state index in [2.05, 4.69) is 19.0 Å². The molecule has 0 aromatic carbocycles. The van der Waals surface area contributed by atoms with Gasteiger partial charge in [-0.3, -0.25) is 0 Å². The van der Waals surface area contributed by atoms with Gasteiger partial charge < -0.3 is 14.4 Å². The molecule has 0 rings (SSSR count). The Morgan fingerprint density at radius 2 is 1.83 bits per heavy atom. The third-order valence-electron chi connectivity index (χ3n) is 1.82. The van der Waals surface area contributed by atoms with E-state index in [1.165, 1.54) is 19.0 Å². The van der Waals surface area contributed by atoms with Gasteiger partial charge in [0, 0.05) is 14.2 Å².